The summed E-state index contributed by atoms with van der Waals surface area (Å²) in [5.41, 5.74) is 0. The van der Waals surface area contributed by atoms with Gasteiger partial charge in [-0.3, -0.25) is 4.79 Å². The standard InChI is InChI=1S/C8H15NO2.CH4/c1-2-11-8(10)7-4-3-5-9-6-7;/h7,9H,2-6H2,1H3;1H4. The van der Waals surface area contributed by atoms with Crippen molar-refractivity contribution in [2.45, 2.75) is 27.2 Å². The smallest absolute Gasteiger partial charge is 0.310 e. The molecule has 0 bridgehead atoms. The predicted octanol–water partition coefficient (Wildman–Crippen LogP) is 1.19. The number of carbonyl (C=O) groups is 1. The largest absolute Gasteiger partial charge is 0.466 e. The molecule has 3 nitrogen and oxygen atoms in total. The molecule has 1 fully saturated rings. The highest BCUT2D eigenvalue weighted by molar-refractivity contribution is 5.72. The van der Waals surface area contributed by atoms with Crippen molar-refractivity contribution in [2.24, 2.45) is 5.92 Å². The van der Waals surface area contributed by atoms with Crippen LogP contribution in [0, 0.1) is 5.92 Å². The number of nitrogens with one attached hydrogen (secondary N) is 1. The summed E-state index contributed by atoms with van der Waals surface area (Å²) in [7, 11) is 0. The molecule has 72 valence electrons. The van der Waals surface area contributed by atoms with Crippen LogP contribution in [-0.2, 0) is 9.53 Å². The Bertz CT molecular complexity index is 130. The Hall–Kier alpha value is -0.570. The molecule has 1 heterocycles. The Labute approximate surface area is 74.5 Å². The first kappa shape index (κ1) is 11.4. The molecule has 1 unspecified atom stereocenters. The van der Waals surface area contributed by atoms with Crippen LogP contribution in [0.5, 0.6) is 0 Å². The van der Waals surface area contributed by atoms with Gasteiger partial charge >= 0.3 is 5.97 Å². The normalized spacial score (nSPS) is 22.6. The summed E-state index contributed by atoms with van der Waals surface area (Å²) >= 11 is 0. The lowest BCUT2D eigenvalue weighted by atomic mass is 10.0. The minimum Gasteiger partial charge on any atom is -0.466 e. The van der Waals surface area contributed by atoms with Gasteiger partial charge in [0.2, 0.25) is 0 Å². The minimum absolute atomic E-state index is 0. The fourth-order valence-corrected chi connectivity index (χ4v) is 1.31. The molecule has 0 aromatic carbocycles. The van der Waals surface area contributed by atoms with E-state index >= 15 is 0 Å². The van der Waals surface area contributed by atoms with Gasteiger partial charge in [0.05, 0.1) is 12.5 Å². The number of hydrogen-bond acceptors (Lipinski definition) is 3. The molecule has 12 heavy (non-hydrogen) atoms. The molecule has 1 N–H and O–H groups in total. The van der Waals surface area contributed by atoms with Crippen molar-refractivity contribution in [2.75, 3.05) is 19.7 Å². The fourth-order valence-electron chi connectivity index (χ4n) is 1.31. The van der Waals surface area contributed by atoms with Crippen LogP contribution in [0.1, 0.15) is 27.2 Å². The van der Waals surface area contributed by atoms with Gasteiger partial charge in [0.1, 0.15) is 0 Å². The third kappa shape index (κ3) is 3.22. The Morgan fingerprint density at radius 3 is 2.92 bits per heavy atom. The van der Waals surface area contributed by atoms with E-state index in [2.05, 4.69) is 5.32 Å². The number of hydrogen-bond donors (Lipinski definition) is 1. The molecule has 0 radical (unpaired) electrons. The Kier molecular flexibility index (Phi) is 5.72. The van der Waals surface area contributed by atoms with Crippen molar-refractivity contribution in [1.82, 2.24) is 5.32 Å². The van der Waals surface area contributed by atoms with E-state index in [-0.39, 0.29) is 19.3 Å². The van der Waals surface area contributed by atoms with Gasteiger partial charge in [0.15, 0.2) is 0 Å². The third-order valence-electron chi connectivity index (χ3n) is 1.92. The van der Waals surface area contributed by atoms with E-state index in [0.717, 1.165) is 25.9 Å². The summed E-state index contributed by atoms with van der Waals surface area (Å²) in [6.45, 7) is 4.16. The quantitative estimate of drug-likeness (QED) is 0.637. The zero-order valence-electron chi connectivity index (χ0n) is 6.93. The van der Waals surface area contributed by atoms with Crippen LogP contribution in [0.25, 0.3) is 0 Å². The van der Waals surface area contributed by atoms with Crippen molar-refractivity contribution >= 4 is 5.97 Å². The second-order valence-electron chi connectivity index (χ2n) is 2.80. The molecule has 3 heteroatoms. The van der Waals surface area contributed by atoms with Crippen LogP contribution >= 0.6 is 0 Å². The van der Waals surface area contributed by atoms with E-state index in [0.29, 0.717) is 6.61 Å². The lowest BCUT2D eigenvalue weighted by Gasteiger charge is -2.20. The van der Waals surface area contributed by atoms with Gasteiger partial charge in [-0.2, -0.15) is 0 Å². The molecular weight excluding hydrogens is 154 g/mol. The van der Waals surface area contributed by atoms with Crippen LogP contribution in [-0.4, -0.2) is 25.7 Å². The third-order valence-corrected chi connectivity index (χ3v) is 1.92. The first-order valence-corrected chi connectivity index (χ1v) is 4.22. The maximum atomic E-state index is 11.1. The molecular formula is C9H19NO2. The van der Waals surface area contributed by atoms with E-state index in [9.17, 15) is 4.79 Å². The monoisotopic (exact) mass is 173 g/mol. The molecule has 0 aliphatic carbocycles. The molecule has 1 aliphatic heterocycles. The van der Waals surface area contributed by atoms with Gasteiger partial charge in [-0.25, -0.2) is 0 Å². The fraction of sp³-hybridized carbons (Fsp3) is 0.889. The average molecular weight is 173 g/mol. The van der Waals surface area contributed by atoms with E-state index < -0.39 is 0 Å². The second kappa shape index (κ2) is 6.00. The number of piperidine rings is 1. The Balaban J connectivity index is 0.00000121. The van der Waals surface area contributed by atoms with Gasteiger partial charge in [0.25, 0.3) is 0 Å². The second-order valence-corrected chi connectivity index (χ2v) is 2.80. The van der Waals surface area contributed by atoms with E-state index in [1.807, 2.05) is 6.92 Å². The molecule has 0 amide bonds. The minimum atomic E-state index is -0.0419. The zero-order chi connectivity index (χ0) is 8.10. The van der Waals surface area contributed by atoms with Crippen LogP contribution in [0.2, 0.25) is 0 Å². The van der Waals surface area contributed by atoms with Crippen LogP contribution in [0.15, 0.2) is 0 Å². The van der Waals surface area contributed by atoms with Gasteiger partial charge in [-0.1, -0.05) is 7.43 Å². The van der Waals surface area contributed by atoms with E-state index in [1.165, 1.54) is 0 Å². The van der Waals surface area contributed by atoms with Crippen molar-refractivity contribution in [3.63, 3.8) is 0 Å². The molecule has 1 rings (SSSR count). The first-order valence-electron chi connectivity index (χ1n) is 4.22. The summed E-state index contributed by atoms with van der Waals surface area (Å²) in [5, 5.41) is 3.17. The molecule has 0 spiro atoms. The molecule has 0 saturated carbocycles. The summed E-state index contributed by atoms with van der Waals surface area (Å²) < 4.78 is 4.90. The molecule has 0 aromatic heterocycles. The highest BCUT2D eigenvalue weighted by Gasteiger charge is 2.21. The molecule has 1 saturated heterocycles. The zero-order valence-corrected chi connectivity index (χ0v) is 6.93. The number of esters is 1. The Morgan fingerprint density at radius 1 is 1.67 bits per heavy atom. The lowest BCUT2D eigenvalue weighted by molar-refractivity contribution is -0.148. The number of rotatable bonds is 2. The molecule has 1 aliphatic rings. The van der Waals surface area contributed by atoms with E-state index in [4.69, 9.17) is 4.74 Å². The summed E-state index contributed by atoms with van der Waals surface area (Å²) in [4.78, 5) is 11.1. The number of carbonyl (C=O) groups excluding carboxylic acids is 1. The maximum Gasteiger partial charge on any atom is 0.310 e. The van der Waals surface area contributed by atoms with Crippen molar-refractivity contribution in [3.05, 3.63) is 0 Å². The number of ether oxygens (including phenoxy) is 1. The van der Waals surface area contributed by atoms with Crippen LogP contribution in [0.4, 0.5) is 0 Å². The first-order chi connectivity index (χ1) is 5.34. The summed E-state index contributed by atoms with van der Waals surface area (Å²) in [6, 6.07) is 0. The highest BCUT2D eigenvalue weighted by Crippen LogP contribution is 2.11. The van der Waals surface area contributed by atoms with Gasteiger partial charge in [-0.15, -0.1) is 0 Å². The van der Waals surface area contributed by atoms with Crippen molar-refractivity contribution in [1.29, 1.82) is 0 Å². The summed E-state index contributed by atoms with van der Waals surface area (Å²) in [5.74, 6) is 0.0587. The average Bonchev–Trinajstić information content (AvgIpc) is 2.07. The summed E-state index contributed by atoms with van der Waals surface area (Å²) in [6.07, 6.45) is 2.06. The topological polar surface area (TPSA) is 38.3 Å². The maximum absolute atomic E-state index is 11.1. The van der Waals surface area contributed by atoms with Crippen molar-refractivity contribution < 1.29 is 9.53 Å². The van der Waals surface area contributed by atoms with Crippen LogP contribution in [0.3, 0.4) is 0 Å². The SMILES string of the molecule is C.CCOC(=O)C1CCCNC1. The van der Waals surface area contributed by atoms with E-state index in [1.54, 1.807) is 0 Å². The lowest BCUT2D eigenvalue weighted by Crippen LogP contribution is -2.35. The highest BCUT2D eigenvalue weighted by atomic mass is 16.5. The van der Waals surface area contributed by atoms with Crippen LogP contribution < -0.4 is 5.32 Å². The predicted molar refractivity (Wildman–Crippen MR) is 49.0 cm³/mol. The molecule has 0 aromatic rings. The molecule has 1 atom stereocenters. The van der Waals surface area contributed by atoms with Gasteiger partial charge in [-0.05, 0) is 26.3 Å². The van der Waals surface area contributed by atoms with Crippen molar-refractivity contribution in [3.8, 4) is 0 Å². The van der Waals surface area contributed by atoms with Gasteiger partial charge < -0.3 is 10.1 Å². The van der Waals surface area contributed by atoms with Gasteiger partial charge in [0, 0.05) is 6.54 Å². The Morgan fingerprint density at radius 2 is 2.42 bits per heavy atom.